The van der Waals surface area contributed by atoms with Crippen molar-refractivity contribution in [2.75, 3.05) is 12.9 Å². The second kappa shape index (κ2) is 10.0. The average Bonchev–Trinajstić information content (AvgIpc) is 3.24. The molecule has 2 aromatic rings. The molecule has 1 atom stereocenters. The third-order valence-electron chi connectivity index (χ3n) is 5.84. The van der Waals surface area contributed by atoms with E-state index in [2.05, 4.69) is 28.1 Å². The summed E-state index contributed by atoms with van der Waals surface area (Å²) in [5.41, 5.74) is 3.11. The zero-order valence-electron chi connectivity index (χ0n) is 17.2. The maximum Gasteiger partial charge on any atom is 0.253 e. The van der Waals surface area contributed by atoms with Gasteiger partial charge in [-0.3, -0.25) is 4.79 Å². The Morgan fingerprint density at radius 3 is 2.47 bits per heavy atom. The third-order valence-corrected chi connectivity index (χ3v) is 7.72. The van der Waals surface area contributed by atoms with E-state index in [4.69, 9.17) is 9.84 Å². The van der Waals surface area contributed by atoms with Crippen molar-refractivity contribution in [2.45, 2.75) is 49.8 Å². The minimum absolute atomic E-state index is 0.0750. The number of methoxy groups -OCH3 is 1. The molecule has 2 aromatic carbocycles. The summed E-state index contributed by atoms with van der Waals surface area (Å²) in [6, 6.07) is 16.0. The van der Waals surface area contributed by atoms with E-state index < -0.39 is 0 Å². The molecule has 1 aliphatic carbocycles. The molecule has 0 radical (unpaired) electrons. The predicted molar refractivity (Wildman–Crippen MR) is 127 cm³/mol. The molecular weight excluding hydrogens is 460 g/mol. The van der Waals surface area contributed by atoms with E-state index >= 15 is 0 Å². The van der Waals surface area contributed by atoms with Crippen LogP contribution in [0.5, 0.6) is 5.75 Å². The van der Waals surface area contributed by atoms with Gasteiger partial charge in [-0.05, 0) is 48.2 Å². The second-order valence-corrected chi connectivity index (χ2v) is 10.1. The highest BCUT2D eigenvalue weighted by Gasteiger charge is 2.33. The number of carbonyl (C=O) groups is 1. The largest absolute Gasteiger partial charge is 0.497 e. The number of hydrogen-bond acceptors (Lipinski definition) is 4. The fourth-order valence-corrected chi connectivity index (χ4v) is 5.57. The summed E-state index contributed by atoms with van der Waals surface area (Å²) in [6.45, 7) is 0. The molecule has 0 aromatic heterocycles. The molecule has 0 N–H and O–H groups in total. The van der Waals surface area contributed by atoms with Gasteiger partial charge in [0, 0.05) is 16.1 Å². The fraction of sp³-hybridized carbons (Fsp3) is 0.417. The van der Waals surface area contributed by atoms with E-state index in [0.717, 1.165) is 27.1 Å². The van der Waals surface area contributed by atoms with Gasteiger partial charge in [0.1, 0.15) is 5.75 Å². The first kappa shape index (κ1) is 21.4. The monoisotopic (exact) mass is 486 g/mol. The zero-order chi connectivity index (χ0) is 20.9. The molecule has 1 fully saturated rings. The summed E-state index contributed by atoms with van der Waals surface area (Å²) in [7, 11) is 1.66. The van der Waals surface area contributed by atoms with Crippen LogP contribution in [0.15, 0.2) is 58.1 Å². The number of carbonyl (C=O) groups excluding carboxylic acids is 1. The number of halogens is 1. The number of benzene rings is 2. The third kappa shape index (κ3) is 5.09. The van der Waals surface area contributed by atoms with Gasteiger partial charge in [-0.1, -0.05) is 59.5 Å². The number of ether oxygens (including phenoxy) is 1. The molecule has 0 spiro atoms. The highest BCUT2D eigenvalue weighted by atomic mass is 79.9. The van der Waals surface area contributed by atoms with Crippen molar-refractivity contribution in [3.63, 3.8) is 0 Å². The van der Waals surface area contributed by atoms with Crippen LogP contribution < -0.4 is 4.74 Å². The van der Waals surface area contributed by atoms with Crippen LogP contribution in [-0.2, 0) is 4.79 Å². The Balaban J connectivity index is 1.53. The van der Waals surface area contributed by atoms with Gasteiger partial charge >= 0.3 is 0 Å². The van der Waals surface area contributed by atoms with Crippen molar-refractivity contribution in [1.82, 2.24) is 5.01 Å². The van der Waals surface area contributed by atoms with Crippen LogP contribution in [0.1, 0.15) is 55.7 Å². The minimum atomic E-state index is -0.0750. The van der Waals surface area contributed by atoms with Crippen LogP contribution in [0.4, 0.5) is 0 Å². The lowest BCUT2D eigenvalue weighted by Gasteiger charge is -2.24. The van der Waals surface area contributed by atoms with Crippen molar-refractivity contribution < 1.29 is 9.53 Å². The molecule has 1 amide bonds. The standard InChI is InChI=1S/C24H27BrN2O2S/c1-29-20-13-9-18(10-14-20)23-15-22(17-7-11-19(25)12-8-17)26-27(23)24(28)16-30-21-5-3-2-4-6-21/h7-14,21,23H,2-6,15-16H2,1H3/t23-/m1/s1. The quantitative estimate of drug-likeness (QED) is 0.487. The number of thioether (sulfide) groups is 1. The molecule has 2 aliphatic rings. The van der Waals surface area contributed by atoms with Gasteiger partial charge < -0.3 is 4.74 Å². The first-order chi connectivity index (χ1) is 14.6. The fourth-order valence-electron chi connectivity index (χ4n) is 4.13. The zero-order valence-corrected chi connectivity index (χ0v) is 19.6. The molecule has 0 unspecified atom stereocenters. The van der Waals surface area contributed by atoms with Crippen LogP contribution in [0.2, 0.25) is 0 Å². The molecule has 0 bridgehead atoms. The van der Waals surface area contributed by atoms with E-state index in [1.54, 1.807) is 12.1 Å². The van der Waals surface area contributed by atoms with Crippen molar-refractivity contribution in [3.05, 3.63) is 64.1 Å². The molecule has 1 heterocycles. The normalized spacial score (nSPS) is 19.6. The van der Waals surface area contributed by atoms with Gasteiger partial charge in [-0.25, -0.2) is 5.01 Å². The summed E-state index contributed by atoms with van der Waals surface area (Å²) in [6.07, 6.45) is 7.08. The molecule has 4 nitrogen and oxygen atoms in total. The van der Waals surface area contributed by atoms with Crippen molar-refractivity contribution in [3.8, 4) is 5.75 Å². The first-order valence-electron chi connectivity index (χ1n) is 10.5. The van der Waals surface area contributed by atoms with Crippen molar-refractivity contribution in [2.24, 2.45) is 5.10 Å². The summed E-state index contributed by atoms with van der Waals surface area (Å²) in [5.74, 6) is 1.41. The summed E-state index contributed by atoms with van der Waals surface area (Å²) < 4.78 is 6.33. The number of hydrogen-bond donors (Lipinski definition) is 0. The van der Waals surface area contributed by atoms with E-state index in [0.29, 0.717) is 17.4 Å². The highest BCUT2D eigenvalue weighted by molar-refractivity contribution is 9.10. The van der Waals surface area contributed by atoms with Gasteiger partial charge in [0.25, 0.3) is 5.91 Å². The highest BCUT2D eigenvalue weighted by Crippen LogP contribution is 2.35. The lowest BCUT2D eigenvalue weighted by atomic mass is 9.98. The van der Waals surface area contributed by atoms with Gasteiger partial charge in [-0.15, -0.1) is 11.8 Å². The van der Waals surface area contributed by atoms with Gasteiger partial charge in [0.2, 0.25) is 0 Å². The predicted octanol–water partition coefficient (Wildman–Crippen LogP) is 6.20. The number of rotatable bonds is 6. The Bertz CT molecular complexity index is 892. The maximum atomic E-state index is 13.2. The Morgan fingerprint density at radius 2 is 1.80 bits per heavy atom. The van der Waals surface area contributed by atoms with Gasteiger partial charge in [-0.2, -0.15) is 5.10 Å². The molecule has 6 heteroatoms. The van der Waals surface area contributed by atoms with E-state index in [1.165, 1.54) is 32.1 Å². The summed E-state index contributed by atoms with van der Waals surface area (Å²) in [5, 5.41) is 7.12. The summed E-state index contributed by atoms with van der Waals surface area (Å²) in [4.78, 5) is 13.2. The minimum Gasteiger partial charge on any atom is -0.497 e. The van der Waals surface area contributed by atoms with Crippen molar-refractivity contribution >= 4 is 39.3 Å². The Hall–Kier alpha value is -1.79. The van der Waals surface area contributed by atoms with Crippen LogP contribution in [-0.4, -0.2) is 34.7 Å². The molecule has 158 valence electrons. The molecule has 30 heavy (non-hydrogen) atoms. The first-order valence-corrected chi connectivity index (χ1v) is 12.4. The topological polar surface area (TPSA) is 41.9 Å². The van der Waals surface area contributed by atoms with Crippen LogP contribution in [0.25, 0.3) is 0 Å². The molecule has 4 rings (SSSR count). The molecule has 1 saturated carbocycles. The average molecular weight is 487 g/mol. The van der Waals surface area contributed by atoms with E-state index in [9.17, 15) is 4.79 Å². The van der Waals surface area contributed by atoms with Crippen LogP contribution in [0.3, 0.4) is 0 Å². The van der Waals surface area contributed by atoms with E-state index in [1.807, 2.05) is 48.2 Å². The van der Waals surface area contributed by atoms with Gasteiger partial charge in [0.15, 0.2) is 0 Å². The molecular formula is C24H27BrN2O2S. The molecule has 0 saturated heterocycles. The molecule has 1 aliphatic heterocycles. The second-order valence-electron chi connectivity index (χ2n) is 7.86. The lowest BCUT2D eigenvalue weighted by molar-refractivity contribution is -0.130. The lowest BCUT2D eigenvalue weighted by Crippen LogP contribution is -2.29. The maximum absolute atomic E-state index is 13.2. The SMILES string of the molecule is COc1ccc([C@H]2CC(c3ccc(Br)cc3)=NN2C(=O)CSC2CCCCC2)cc1. The smallest absolute Gasteiger partial charge is 0.253 e. The van der Waals surface area contributed by atoms with Crippen molar-refractivity contribution in [1.29, 1.82) is 0 Å². The Labute approximate surface area is 191 Å². The Kier molecular flexibility index (Phi) is 7.16. The Morgan fingerprint density at radius 1 is 1.10 bits per heavy atom. The number of amides is 1. The number of nitrogens with zero attached hydrogens (tertiary/aromatic N) is 2. The van der Waals surface area contributed by atoms with E-state index in [-0.39, 0.29) is 11.9 Å². The summed E-state index contributed by atoms with van der Waals surface area (Å²) >= 11 is 5.30. The number of hydrazone groups is 1. The van der Waals surface area contributed by atoms with Gasteiger partial charge in [0.05, 0.1) is 24.6 Å². The van der Waals surface area contributed by atoms with Crippen LogP contribution in [0, 0.1) is 0 Å². The van der Waals surface area contributed by atoms with Crippen LogP contribution >= 0.6 is 27.7 Å².